The molecular formula is C22H19N3O4S. The third-order valence-corrected chi connectivity index (χ3v) is 5.69. The van der Waals surface area contributed by atoms with Crippen LogP contribution in [0.15, 0.2) is 59.5 Å². The van der Waals surface area contributed by atoms with Crippen LogP contribution in [0.5, 0.6) is 0 Å². The number of nitrogens with zero attached hydrogens (tertiary/aromatic N) is 2. The minimum absolute atomic E-state index is 0.0328. The smallest absolute Gasteiger partial charge is 0.335 e. The zero-order chi connectivity index (χ0) is 22.1. The van der Waals surface area contributed by atoms with E-state index in [0.29, 0.717) is 11.1 Å². The Balaban J connectivity index is 2.02. The molecule has 0 unspecified atom stereocenters. The fraction of sp³-hybridized carbons (Fsp3) is 0.0909. The first kappa shape index (κ1) is 21.0. The zero-order valence-electron chi connectivity index (χ0n) is 16.3. The summed E-state index contributed by atoms with van der Waals surface area (Å²) in [4.78, 5) is 11.0. The summed E-state index contributed by atoms with van der Waals surface area (Å²) in [6.45, 7) is 3.81. The molecular weight excluding hydrogens is 402 g/mol. The van der Waals surface area contributed by atoms with E-state index < -0.39 is 16.0 Å². The van der Waals surface area contributed by atoms with Crippen LogP contribution >= 0.6 is 0 Å². The van der Waals surface area contributed by atoms with Crippen LogP contribution in [0, 0.1) is 25.2 Å². The lowest BCUT2D eigenvalue weighted by Gasteiger charge is -2.10. The second-order valence-electron chi connectivity index (χ2n) is 6.75. The summed E-state index contributed by atoms with van der Waals surface area (Å²) >= 11 is 0. The van der Waals surface area contributed by atoms with Crippen LogP contribution in [0.25, 0.3) is 17.3 Å². The predicted molar refractivity (Wildman–Crippen MR) is 114 cm³/mol. The molecule has 0 radical (unpaired) electrons. The molecule has 3 rings (SSSR count). The van der Waals surface area contributed by atoms with Gasteiger partial charge in [-0.3, -0.25) is 0 Å². The molecule has 0 saturated carbocycles. The molecule has 0 spiro atoms. The van der Waals surface area contributed by atoms with Gasteiger partial charge in [-0.15, -0.1) is 0 Å². The standard InChI is InChI=1S/C22H19N3O4S/c1-14-11-18(12-19(13-23)16-3-5-17(6-4-16)22(26)27)15(2)25(14)20-7-9-21(10-8-20)30(24,28)29/h3-12H,1-2H3,(H,26,27)(H2,24,28,29). The monoisotopic (exact) mass is 421 g/mol. The average molecular weight is 421 g/mol. The fourth-order valence-corrected chi connectivity index (χ4v) is 3.76. The van der Waals surface area contributed by atoms with Crippen molar-refractivity contribution in [3.63, 3.8) is 0 Å². The van der Waals surface area contributed by atoms with Gasteiger partial charge in [0.1, 0.15) is 0 Å². The number of nitriles is 1. The molecule has 30 heavy (non-hydrogen) atoms. The fourth-order valence-electron chi connectivity index (χ4n) is 3.24. The first-order valence-electron chi connectivity index (χ1n) is 8.89. The van der Waals surface area contributed by atoms with Crippen molar-refractivity contribution in [1.29, 1.82) is 5.26 Å². The molecule has 3 N–H and O–H groups in total. The summed E-state index contributed by atoms with van der Waals surface area (Å²) in [5.41, 5.74) is 4.52. The molecule has 8 heteroatoms. The lowest BCUT2D eigenvalue weighted by atomic mass is 10.0. The largest absolute Gasteiger partial charge is 0.478 e. The summed E-state index contributed by atoms with van der Waals surface area (Å²) in [5, 5.41) is 23.8. The maximum Gasteiger partial charge on any atom is 0.335 e. The van der Waals surface area contributed by atoms with Crippen LogP contribution in [-0.4, -0.2) is 24.1 Å². The highest BCUT2D eigenvalue weighted by atomic mass is 32.2. The molecule has 0 bridgehead atoms. The van der Waals surface area contributed by atoms with Crippen LogP contribution in [0.1, 0.15) is 32.9 Å². The maximum atomic E-state index is 11.5. The van der Waals surface area contributed by atoms with Gasteiger partial charge in [0.05, 0.1) is 22.1 Å². The highest BCUT2D eigenvalue weighted by Gasteiger charge is 2.13. The van der Waals surface area contributed by atoms with Crippen molar-refractivity contribution in [3.05, 3.63) is 82.7 Å². The van der Waals surface area contributed by atoms with E-state index in [0.717, 1.165) is 22.6 Å². The molecule has 0 saturated heterocycles. The molecule has 3 aromatic rings. The molecule has 7 nitrogen and oxygen atoms in total. The van der Waals surface area contributed by atoms with Gasteiger partial charge in [-0.25, -0.2) is 18.4 Å². The molecule has 0 aliphatic rings. The number of rotatable bonds is 5. The average Bonchev–Trinajstić information content (AvgIpc) is 2.98. The van der Waals surface area contributed by atoms with E-state index >= 15 is 0 Å². The highest BCUT2D eigenvalue weighted by molar-refractivity contribution is 7.89. The van der Waals surface area contributed by atoms with Crippen LogP contribution in [0.2, 0.25) is 0 Å². The third kappa shape index (κ3) is 4.17. The topological polar surface area (TPSA) is 126 Å². The molecule has 0 atom stereocenters. The zero-order valence-corrected chi connectivity index (χ0v) is 17.1. The van der Waals surface area contributed by atoms with Crippen molar-refractivity contribution in [2.45, 2.75) is 18.7 Å². The van der Waals surface area contributed by atoms with E-state index in [1.165, 1.54) is 24.3 Å². The molecule has 1 heterocycles. The number of aromatic nitrogens is 1. The van der Waals surface area contributed by atoms with E-state index in [4.69, 9.17) is 10.2 Å². The molecule has 0 aliphatic carbocycles. The van der Waals surface area contributed by atoms with Gasteiger partial charge in [-0.1, -0.05) is 12.1 Å². The van der Waals surface area contributed by atoms with E-state index in [-0.39, 0.29) is 10.5 Å². The molecule has 152 valence electrons. The number of hydrogen-bond acceptors (Lipinski definition) is 4. The first-order valence-corrected chi connectivity index (χ1v) is 10.4. The molecule has 0 fully saturated rings. The molecule has 0 aliphatic heterocycles. The van der Waals surface area contributed by atoms with Gasteiger partial charge in [0.15, 0.2) is 0 Å². The number of carboxylic acids is 1. The van der Waals surface area contributed by atoms with Crippen molar-refractivity contribution >= 4 is 27.6 Å². The van der Waals surface area contributed by atoms with Crippen molar-refractivity contribution in [1.82, 2.24) is 4.57 Å². The van der Waals surface area contributed by atoms with E-state index in [2.05, 4.69) is 6.07 Å². The number of aromatic carboxylic acids is 1. The second-order valence-corrected chi connectivity index (χ2v) is 8.31. The van der Waals surface area contributed by atoms with Gasteiger partial charge in [0.2, 0.25) is 10.0 Å². The van der Waals surface area contributed by atoms with E-state index in [9.17, 15) is 18.5 Å². The minimum Gasteiger partial charge on any atom is -0.478 e. The Hall–Kier alpha value is -3.67. The van der Waals surface area contributed by atoms with Crippen molar-refractivity contribution in [2.75, 3.05) is 0 Å². The van der Waals surface area contributed by atoms with Crippen molar-refractivity contribution in [2.24, 2.45) is 5.14 Å². The van der Waals surface area contributed by atoms with Gasteiger partial charge >= 0.3 is 5.97 Å². The quantitative estimate of drug-likeness (QED) is 0.610. The lowest BCUT2D eigenvalue weighted by Crippen LogP contribution is -2.12. The van der Waals surface area contributed by atoms with Gasteiger partial charge in [-0.2, -0.15) is 5.26 Å². The number of nitrogens with two attached hydrogens (primary N) is 1. The van der Waals surface area contributed by atoms with E-state index in [1.54, 1.807) is 30.3 Å². The number of primary sulfonamides is 1. The Morgan fingerprint density at radius 3 is 2.13 bits per heavy atom. The summed E-state index contributed by atoms with van der Waals surface area (Å²) in [6.07, 6.45) is 1.74. The van der Waals surface area contributed by atoms with Crippen molar-refractivity contribution in [3.8, 4) is 11.8 Å². The van der Waals surface area contributed by atoms with Crippen molar-refractivity contribution < 1.29 is 18.3 Å². The summed E-state index contributed by atoms with van der Waals surface area (Å²) in [7, 11) is -3.77. The number of hydrogen-bond donors (Lipinski definition) is 2. The van der Waals surface area contributed by atoms with Gasteiger partial charge < -0.3 is 9.67 Å². The summed E-state index contributed by atoms with van der Waals surface area (Å²) < 4.78 is 24.9. The number of aryl methyl sites for hydroxylation is 1. The summed E-state index contributed by atoms with van der Waals surface area (Å²) in [5.74, 6) is -1.03. The Morgan fingerprint density at radius 2 is 1.63 bits per heavy atom. The van der Waals surface area contributed by atoms with Gasteiger partial charge in [0.25, 0.3) is 0 Å². The van der Waals surface area contributed by atoms with Crippen LogP contribution in [-0.2, 0) is 10.0 Å². The molecule has 2 aromatic carbocycles. The Kier molecular flexibility index (Phi) is 5.60. The van der Waals surface area contributed by atoms with Gasteiger partial charge in [-0.05, 0) is 73.5 Å². The highest BCUT2D eigenvalue weighted by Crippen LogP contribution is 2.26. The normalized spacial score (nSPS) is 11.9. The number of carbonyl (C=O) groups is 1. The third-order valence-electron chi connectivity index (χ3n) is 4.76. The number of carboxylic acid groups (broad SMARTS) is 1. The van der Waals surface area contributed by atoms with Gasteiger partial charge in [0, 0.05) is 17.1 Å². The molecule has 0 amide bonds. The number of sulfonamides is 1. The predicted octanol–water partition coefficient (Wildman–Crippen LogP) is 3.50. The lowest BCUT2D eigenvalue weighted by molar-refractivity contribution is 0.0697. The van der Waals surface area contributed by atoms with Crippen LogP contribution in [0.3, 0.4) is 0 Å². The van der Waals surface area contributed by atoms with Crippen LogP contribution in [0.4, 0.5) is 0 Å². The summed E-state index contributed by atoms with van der Waals surface area (Å²) in [6, 6.07) is 16.4. The maximum absolute atomic E-state index is 11.5. The van der Waals surface area contributed by atoms with E-state index in [1.807, 2.05) is 24.5 Å². The Morgan fingerprint density at radius 1 is 1.07 bits per heavy atom. The first-order chi connectivity index (χ1) is 14.1. The number of benzene rings is 2. The van der Waals surface area contributed by atoms with Crippen LogP contribution < -0.4 is 5.14 Å². The Labute approximate surface area is 174 Å². The SMILES string of the molecule is Cc1cc(C=C(C#N)c2ccc(C(=O)O)cc2)c(C)n1-c1ccc(S(N)(=O)=O)cc1. The minimum atomic E-state index is -3.77. The second kappa shape index (κ2) is 7.99. The molecule has 1 aromatic heterocycles. The number of allylic oxidation sites excluding steroid dienone is 1. The Bertz CT molecular complexity index is 1290.